The fraction of sp³-hybridized carbons (Fsp3) is 0.815. The van der Waals surface area contributed by atoms with Gasteiger partial charge in [-0.1, -0.05) is 34.6 Å². The zero-order chi connectivity index (χ0) is 29.5. The van der Waals surface area contributed by atoms with Crippen LogP contribution in [0.1, 0.15) is 73.6 Å². The first-order chi connectivity index (χ1) is 17.9. The van der Waals surface area contributed by atoms with E-state index in [-0.39, 0.29) is 29.8 Å². The summed E-state index contributed by atoms with van der Waals surface area (Å²) in [5.41, 5.74) is -1.02. The SMILES string of the molecule is COC(=O)N[C@H](C(=O)N1C[C@@H]2CC(C)(C)[C@@H]2[C@H]1C(=O)N[C@@H](CCC(C)(F)F)C(=O)C(=O)NC1CC1)C(C)(C)C. The van der Waals surface area contributed by atoms with E-state index in [1.54, 1.807) is 20.8 Å². The Bertz CT molecular complexity index is 1000. The van der Waals surface area contributed by atoms with E-state index in [1.807, 2.05) is 13.8 Å². The molecule has 2 saturated carbocycles. The van der Waals surface area contributed by atoms with Gasteiger partial charge in [0.2, 0.25) is 23.5 Å². The van der Waals surface area contributed by atoms with Crippen LogP contribution in [-0.2, 0) is 23.9 Å². The van der Waals surface area contributed by atoms with Crippen molar-refractivity contribution in [1.29, 1.82) is 0 Å². The second kappa shape index (κ2) is 11.0. The lowest BCUT2D eigenvalue weighted by molar-refractivity contribution is -0.146. The van der Waals surface area contributed by atoms with Gasteiger partial charge < -0.3 is 25.6 Å². The maximum absolute atomic E-state index is 13.8. The number of carbonyl (C=O) groups excluding carboxylic acids is 5. The van der Waals surface area contributed by atoms with Crippen molar-refractivity contribution in [2.75, 3.05) is 13.7 Å². The van der Waals surface area contributed by atoms with Gasteiger partial charge in [-0.05, 0) is 55.3 Å². The third-order valence-electron chi connectivity index (χ3n) is 8.06. The number of carbonyl (C=O) groups is 5. The summed E-state index contributed by atoms with van der Waals surface area (Å²) in [4.78, 5) is 66.5. The lowest BCUT2D eigenvalue weighted by atomic mass is 9.55. The highest BCUT2D eigenvalue weighted by Gasteiger charge is 2.61. The first-order valence-corrected chi connectivity index (χ1v) is 13.5. The van der Waals surface area contributed by atoms with Crippen LogP contribution in [0.3, 0.4) is 0 Å². The zero-order valence-electron chi connectivity index (χ0n) is 23.9. The molecule has 3 aliphatic rings. The van der Waals surface area contributed by atoms with Crippen LogP contribution in [0.15, 0.2) is 0 Å². The monoisotopic (exact) mass is 556 g/mol. The molecule has 0 aromatic carbocycles. The number of nitrogens with one attached hydrogen (secondary N) is 3. The first-order valence-electron chi connectivity index (χ1n) is 13.5. The molecule has 1 saturated heterocycles. The Morgan fingerprint density at radius 2 is 1.67 bits per heavy atom. The van der Waals surface area contributed by atoms with Crippen molar-refractivity contribution in [2.24, 2.45) is 22.7 Å². The fourth-order valence-electron chi connectivity index (χ4n) is 5.93. The summed E-state index contributed by atoms with van der Waals surface area (Å²) in [6.07, 6.45) is 0.298. The number of ether oxygens (including phenoxy) is 1. The average molecular weight is 557 g/mol. The van der Waals surface area contributed by atoms with E-state index in [1.165, 1.54) is 12.0 Å². The second-order valence-corrected chi connectivity index (χ2v) is 13.1. The van der Waals surface area contributed by atoms with Gasteiger partial charge in [-0.2, -0.15) is 0 Å². The lowest BCUT2D eigenvalue weighted by Crippen LogP contribution is -2.61. The fourth-order valence-corrected chi connectivity index (χ4v) is 5.93. The molecular formula is C27H42F2N4O6. The summed E-state index contributed by atoms with van der Waals surface area (Å²) in [5.74, 6) is -6.39. The number of likely N-dealkylation sites (tertiary alicyclic amines) is 1. The molecule has 0 unspecified atom stereocenters. The van der Waals surface area contributed by atoms with Crippen LogP contribution in [0.4, 0.5) is 13.6 Å². The number of methoxy groups -OCH3 is 1. The Balaban J connectivity index is 1.88. The predicted molar refractivity (Wildman–Crippen MR) is 138 cm³/mol. The predicted octanol–water partition coefficient (Wildman–Crippen LogP) is 2.40. The molecule has 0 aromatic heterocycles. The number of halogens is 2. The Hall–Kier alpha value is -2.79. The molecule has 0 bridgehead atoms. The number of fused-ring (bicyclic) bond motifs is 1. The van der Waals surface area contributed by atoms with Crippen LogP contribution in [0.5, 0.6) is 0 Å². The van der Waals surface area contributed by atoms with Gasteiger partial charge in [0.25, 0.3) is 5.91 Å². The molecule has 10 nitrogen and oxygen atoms in total. The molecule has 4 amide bonds. The molecule has 12 heteroatoms. The highest BCUT2D eigenvalue weighted by molar-refractivity contribution is 6.38. The molecule has 1 heterocycles. The minimum atomic E-state index is -3.11. The molecule has 1 aliphatic heterocycles. The van der Waals surface area contributed by atoms with Crippen molar-refractivity contribution >= 4 is 29.6 Å². The van der Waals surface area contributed by atoms with Crippen molar-refractivity contribution in [1.82, 2.24) is 20.9 Å². The van der Waals surface area contributed by atoms with Gasteiger partial charge in [0.05, 0.1) is 13.2 Å². The standard InChI is InChI=1S/C27H42F2N4O6/c1-25(2,3)20(32-24(38)39-7)23(37)33-13-14-12-26(4,5)17(14)18(33)21(35)31-16(10-11-27(6,28)29)19(34)22(36)30-15-8-9-15/h14-18,20H,8-13H2,1-7H3,(H,30,36)(H,31,35)(H,32,38)/t14-,16-,17-,18-,20+/m0/s1. The highest BCUT2D eigenvalue weighted by Crippen LogP contribution is 2.57. The third kappa shape index (κ3) is 7.25. The molecule has 2 aliphatic carbocycles. The van der Waals surface area contributed by atoms with Gasteiger partial charge in [0, 0.05) is 19.0 Å². The van der Waals surface area contributed by atoms with E-state index in [0.29, 0.717) is 6.92 Å². The number of Topliss-reactive ketones (excluding diaryl/α,β-unsaturated/α-hetero) is 1. The maximum Gasteiger partial charge on any atom is 0.407 e. The zero-order valence-corrected chi connectivity index (χ0v) is 23.9. The smallest absolute Gasteiger partial charge is 0.407 e. The van der Waals surface area contributed by atoms with Crippen molar-refractivity contribution in [2.45, 2.75) is 104 Å². The molecule has 3 N–H and O–H groups in total. The number of hydrogen-bond donors (Lipinski definition) is 3. The molecule has 5 atom stereocenters. The number of nitrogens with zero attached hydrogens (tertiary/aromatic N) is 1. The highest BCUT2D eigenvalue weighted by atomic mass is 19.3. The van der Waals surface area contributed by atoms with Crippen molar-refractivity contribution in [3.63, 3.8) is 0 Å². The summed E-state index contributed by atoms with van der Waals surface area (Å²) < 4.78 is 32.1. The van der Waals surface area contributed by atoms with Crippen LogP contribution in [0, 0.1) is 22.7 Å². The van der Waals surface area contributed by atoms with Crippen molar-refractivity contribution in [3.8, 4) is 0 Å². The van der Waals surface area contributed by atoms with Gasteiger partial charge in [-0.25, -0.2) is 13.6 Å². The second-order valence-electron chi connectivity index (χ2n) is 13.1. The number of ketones is 1. The van der Waals surface area contributed by atoms with E-state index >= 15 is 0 Å². The van der Waals surface area contributed by atoms with E-state index < -0.39 is 71.9 Å². The maximum atomic E-state index is 13.8. The van der Waals surface area contributed by atoms with E-state index in [4.69, 9.17) is 4.74 Å². The van der Waals surface area contributed by atoms with E-state index in [9.17, 15) is 32.8 Å². The molecule has 220 valence electrons. The normalized spacial score (nSPS) is 25.5. The quantitative estimate of drug-likeness (QED) is 0.354. The van der Waals surface area contributed by atoms with Crippen molar-refractivity contribution in [3.05, 3.63) is 0 Å². The van der Waals surface area contributed by atoms with Crippen LogP contribution in [0.2, 0.25) is 0 Å². The minimum Gasteiger partial charge on any atom is -0.453 e. The molecule has 0 aromatic rings. The van der Waals surface area contributed by atoms with E-state index in [2.05, 4.69) is 16.0 Å². The molecule has 3 fully saturated rings. The van der Waals surface area contributed by atoms with Gasteiger partial charge in [0.1, 0.15) is 12.1 Å². The Kier molecular flexibility index (Phi) is 8.67. The van der Waals surface area contributed by atoms with Crippen molar-refractivity contribution < 1.29 is 37.5 Å². The van der Waals surface area contributed by atoms with Gasteiger partial charge in [0.15, 0.2) is 0 Å². The molecular weight excluding hydrogens is 514 g/mol. The van der Waals surface area contributed by atoms with Gasteiger partial charge in [-0.3, -0.25) is 19.2 Å². The number of alkyl halides is 2. The molecule has 3 rings (SSSR count). The molecule has 0 radical (unpaired) electrons. The van der Waals surface area contributed by atoms with Gasteiger partial charge >= 0.3 is 6.09 Å². The van der Waals surface area contributed by atoms with Gasteiger partial charge in [-0.15, -0.1) is 0 Å². The topological polar surface area (TPSA) is 134 Å². The number of alkyl carbamates (subject to hydrolysis) is 1. The van der Waals surface area contributed by atoms with Crippen LogP contribution in [0.25, 0.3) is 0 Å². The average Bonchev–Trinajstić information content (AvgIpc) is 3.56. The Morgan fingerprint density at radius 1 is 1.05 bits per heavy atom. The lowest BCUT2D eigenvalue weighted by Gasteiger charge is -2.49. The van der Waals surface area contributed by atoms with Crippen LogP contribution < -0.4 is 16.0 Å². The number of hydrogen-bond acceptors (Lipinski definition) is 6. The summed E-state index contributed by atoms with van der Waals surface area (Å²) in [6.45, 7) is 10.3. The summed E-state index contributed by atoms with van der Waals surface area (Å²) in [6, 6.07) is -3.60. The number of rotatable bonds is 10. The largest absolute Gasteiger partial charge is 0.453 e. The summed E-state index contributed by atoms with van der Waals surface area (Å²) in [5, 5.41) is 7.68. The summed E-state index contributed by atoms with van der Waals surface area (Å²) >= 11 is 0. The summed E-state index contributed by atoms with van der Waals surface area (Å²) in [7, 11) is 1.19. The first kappa shape index (κ1) is 30.7. The molecule has 0 spiro atoms. The van der Waals surface area contributed by atoms with E-state index in [0.717, 1.165) is 19.3 Å². The molecule has 39 heavy (non-hydrogen) atoms. The minimum absolute atomic E-state index is 0.0192. The Labute approximate surface area is 228 Å². The van der Waals surface area contributed by atoms with Crippen LogP contribution in [-0.4, -0.2) is 78.2 Å². The third-order valence-corrected chi connectivity index (χ3v) is 8.06. The number of amides is 4. The Morgan fingerprint density at radius 3 is 2.15 bits per heavy atom. The van der Waals surface area contributed by atoms with Crippen LogP contribution >= 0.6 is 0 Å².